The monoisotopic (exact) mass is 335 g/mol. The van der Waals surface area contributed by atoms with E-state index in [1.165, 1.54) is 13.0 Å². The molecular weight excluding hydrogens is 321 g/mol. The SMILES string of the molecule is CC(=O)CC1COCCN1S(=O)(=O)c1ccc(Cl)cc1F. The fraction of sp³-hybridized carbons (Fsp3) is 0.462. The van der Waals surface area contributed by atoms with Crippen molar-refractivity contribution in [2.24, 2.45) is 0 Å². The first-order valence-corrected chi connectivity index (χ1v) is 8.18. The lowest BCUT2D eigenvalue weighted by molar-refractivity contribution is -0.118. The molecule has 0 aromatic heterocycles. The number of sulfonamides is 1. The number of nitrogens with zero attached hydrogens (tertiary/aromatic N) is 1. The van der Waals surface area contributed by atoms with Crippen molar-refractivity contribution in [2.45, 2.75) is 24.3 Å². The zero-order valence-electron chi connectivity index (χ0n) is 11.4. The number of carbonyl (C=O) groups excluding carboxylic acids is 1. The van der Waals surface area contributed by atoms with Crippen LogP contribution < -0.4 is 0 Å². The van der Waals surface area contributed by atoms with Crippen LogP contribution in [0.25, 0.3) is 0 Å². The van der Waals surface area contributed by atoms with Gasteiger partial charge in [-0.1, -0.05) is 11.6 Å². The van der Waals surface area contributed by atoms with E-state index in [-0.39, 0.29) is 37.0 Å². The number of morpholine rings is 1. The molecule has 116 valence electrons. The quantitative estimate of drug-likeness (QED) is 0.842. The van der Waals surface area contributed by atoms with Crippen LogP contribution in [0.1, 0.15) is 13.3 Å². The highest BCUT2D eigenvalue weighted by Crippen LogP contribution is 2.26. The molecule has 0 bridgehead atoms. The molecule has 1 saturated heterocycles. The Labute approximate surface area is 127 Å². The van der Waals surface area contributed by atoms with E-state index in [0.717, 1.165) is 16.4 Å². The van der Waals surface area contributed by atoms with Crippen LogP contribution >= 0.6 is 11.6 Å². The highest BCUT2D eigenvalue weighted by molar-refractivity contribution is 7.89. The second-order valence-corrected chi connectivity index (χ2v) is 7.12. The molecule has 1 fully saturated rings. The van der Waals surface area contributed by atoms with Crippen LogP contribution in [-0.4, -0.2) is 44.3 Å². The van der Waals surface area contributed by atoms with Crippen LogP contribution in [0.4, 0.5) is 4.39 Å². The predicted octanol–water partition coefficient (Wildman–Crippen LogP) is 1.85. The van der Waals surface area contributed by atoms with Crippen LogP contribution in [0.5, 0.6) is 0 Å². The average molecular weight is 336 g/mol. The zero-order chi connectivity index (χ0) is 15.6. The second kappa shape index (κ2) is 6.39. The van der Waals surface area contributed by atoms with E-state index in [1.807, 2.05) is 0 Å². The van der Waals surface area contributed by atoms with Gasteiger partial charge in [0.05, 0.1) is 19.3 Å². The summed E-state index contributed by atoms with van der Waals surface area (Å²) in [5.74, 6) is -1.06. The smallest absolute Gasteiger partial charge is 0.246 e. The van der Waals surface area contributed by atoms with E-state index in [1.54, 1.807) is 0 Å². The Kier molecular flexibility index (Phi) is 4.98. The molecule has 5 nitrogen and oxygen atoms in total. The van der Waals surface area contributed by atoms with Crippen molar-refractivity contribution in [1.29, 1.82) is 0 Å². The molecule has 1 aliphatic rings. The number of hydrogen-bond donors (Lipinski definition) is 0. The van der Waals surface area contributed by atoms with Crippen molar-refractivity contribution in [3.8, 4) is 0 Å². The molecule has 1 aromatic rings. The number of Topliss-reactive ketones (excluding diaryl/α,β-unsaturated/α-hetero) is 1. The van der Waals surface area contributed by atoms with Gasteiger partial charge in [-0.05, 0) is 25.1 Å². The number of rotatable bonds is 4. The number of carbonyl (C=O) groups is 1. The highest BCUT2D eigenvalue weighted by atomic mass is 35.5. The largest absolute Gasteiger partial charge is 0.378 e. The Bertz CT molecular complexity index is 650. The van der Waals surface area contributed by atoms with Gasteiger partial charge in [0.15, 0.2) is 0 Å². The van der Waals surface area contributed by atoms with Crippen molar-refractivity contribution in [1.82, 2.24) is 4.31 Å². The van der Waals surface area contributed by atoms with Gasteiger partial charge in [0, 0.05) is 18.0 Å². The van der Waals surface area contributed by atoms with E-state index in [9.17, 15) is 17.6 Å². The fourth-order valence-electron chi connectivity index (χ4n) is 2.26. The summed E-state index contributed by atoms with van der Waals surface area (Å²) in [6.07, 6.45) is 0.0361. The number of benzene rings is 1. The lowest BCUT2D eigenvalue weighted by Gasteiger charge is -2.34. The minimum atomic E-state index is -4.04. The van der Waals surface area contributed by atoms with E-state index in [0.29, 0.717) is 0 Å². The average Bonchev–Trinajstić information content (AvgIpc) is 2.37. The van der Waals surface area contributed by atoms with Crippen molar-refractivity contribution in [3.05, 3.63) is 29.0 Å². The molecule has 1 atom stereocenters. The molecule has 8 heteroatoms. The maximum Gasteiger partial charge on any atom is 0.246 e. The summed E-state index contributed by atoms with van der Waals surface area (Å²) in [6.45, 7) is 1.79. The molecule has 0 saturated carbocycles. The molecule has 1 unspecified atom stereocenters. The van der Waals surface area contributed by atoms with Crippen LogP contribution in [0.2, 0.25) is 5.02 Å². The molecule has 0 aliphatic carbocycles. The van der Waals surface area contributed by atoms with Gasteiger partial charge in [-0.2, -0.15) is 4.31 Å². The van der Waals surface area contributed by atoms with Gasteiger partial charge in [-0.15, -0.1) is 0 Å². The summed E-state index contributed by atoms with van der Waals surface area (Å²) in [6, 6.07) is 2.79. The number of halogens is 2. The molecule has 0 radical (unpaired) electrons. The summed E-state index contributed by atoms with van der Waals surface area (Å²) >= 11 is 5.64. The highest BCUT2D eigenvalue weighted by Gasteiger charge is 2.36. The van der Waals surface area contributed by atoms with Gasteiger partial charge in [0.2, 0.25) is 10.0 Å². The Morgan fingerprint density at radius 3 is 2.86 bits per heavy atom. The molecule has 1 heterocycles. The first kappa shape index (κ1) is 16.4. The summed E-state index contributed by atoms with van der Waals surface area (Å²) in [7, 11) is -4.04. The summed E-state index contributed by atoms with van der Waals surface area (Å²) in [5, 5.41) is 0.119. The standard InChI is InChI=1S/C13H15ClFNO4S/c1-9(17)6-11-8-20-5-4-16(11)21(18,19)13-3-2-10(14)7-12(13)15/h2-3,7,11H,4-6,8H2,1H3. The van der Waals surface area contributed by atoms with E-state index >= 15 is 0 Å². The third kappa shape index (κ3) is 3.60. The Hall–Kier alpha value is -1.02. The minimum Gasteiger partial charge on any atom is -0.378 e. The number of ketones is 1. The molecule has 2 rings (SSSR count). The maximum absolute atomic E-state index is 13.9. The number of hydrogen-bond acceptors (Lipinski definition) is 4. The molecule has 0 N–H and O–H groups in total. The third-order valence-corrected chi connectivity index (χ3v) is 5.40. The van der Waals surface area contributed by atoms with Crippen LogP contribution in [0.15, 0.2) is 23.1 Å². The van der Waals surface area contributed by atoms with Gasteiger partial charge in [0.1, 0.15) is 16.5 Å². The fourth-order valence-corrected chi connectivity index (χ4v) is 4.06. The van der Waals surface area contributed by atoms with Gasteiger partial charge < -0.3 is 4.74 Å². The van der Waals surface area contributed by atoms with Crippen molar-refractivity contribution < 1.29 is 22.3 Å². The lowest BCUT2D eigenvalue weighted by Crippen LogP contribution is -2.49. The Morgan fingerprint density at radius 2 is 2.24 bits per heavy atom. The first-order valence-electron chi connectivity index (χ1n) is 6.36. The molecular formula is C13H15ClFNO4S. The van der Waals surface area contributed by atoms with Crippen molar-refractivity contribution >= 4 is 27.4 Å². The summed E-state index contributed by atoms with van der Waals surface area (Å²) < 4.78 is 45.4. The normalized spacial score (nSPS) is 20.4. The molecule has 1 aromatic carbocycles. The molecule has 0 amide bonds. The van der Waals surface area contributed by atoms with Gasteiger partial charge >= 0.3 is 0 Å². The van der Waals surface area contributed by atoms with Gasteiger partial charge in [-0.3, -0.25) is 4.79 Å². The van der Waals surface area contributed by atoms with Crippen molar-refractivity contribution in [3.63, 3.8) is 0 Å². The zero-order valence-corrected chi connectivity index (χ0v) is 13.0. The molecule has 0 spiro atoms. The Balaban J connectivity index is 2.38. The van der Waals surface area contributed by atoms with Crippen LogP contribution in [-0.2, 0) is 19.6 Å². The minimum absolute atomic E-state index is 0.0361. The van der Waals surface area contributed by atoms with E-state index in [2.05, 4.69) is 0 Å². The molecule has 1 aliphatic heterocycles. The number of ether oxygens (including phenoxy) is 1. The topological polar surface area (TPSA) is 63.7 Å². The molecule has 21 heavy (non-hydrogen) atoms. The Morgan fingerprint density at radius 1 is 1.52 bits per heavy atom. The lowest BCUT2D eigenvalue weighted by atomic mass is 10.1. The van der Waals surface area contributed by atoms with Crippen molar-refractivity contribution in [2.75, 3.05) is 19.8 Å². The predicted molar refractivity (Wildman–Crippen MR) is 75.2 cm³/mol. The van der Waals surface area contributed by atoms with Gasteiger partial charge in [-0.25, -0.2) is 12.8 Å². The summed E-state index contributed by atoms with van der Waals surface area (Å²) in [5.41, 5.74) is 0. The first-order chi connectivity index (χ1) is 9.82. The van der Waals surface area contributed by atoms with Crippen LogP contribution in [0.3, 0.4) is 0 Å². The van der Waals surface area contributed by atoms with E-state index in [4.69, 9.17) is 16.3 Å². The summed E-state index contributed by atoms with van der Waals surface area (Å²) in [4.78, 5) is 10.8. The van der Waals surface area contributed by atoms with E-state index < -0.39 is 26.8 Å². The maximum atomic E-state index is 13.9. The van der Waals surface area contributed by atoms with Crippen LogP contribution in [0, 0.1) is 5.82 Å². The second-order valence-electron chi connectivity index (χ2n) is 4.83. The third-order valence-electron chi connectivity index (χ3n) is 3.18. The van der Waals surface area contributed by atoms with Gasteiger partial charge in [0.25, 0.3) is 0 Å².